The summed E-state index contributed by atoms with van der Waals surface area (Å²) in [4.78, 5) is 9.05. The lowest BCUT2D eigenvalue weighted by atomic mass is 9.72. The summed E-state index contributed by atoms with van der Waals surface area (Å²) in [6.07, 6.45) is 3.33. The monoisotopic (exact) mass is 399 g/mol. The molecular formula is C23H21N5S. The van der Waals surface area contributed by atoms with E-state index in [9.17, 15) is 0 Å². The van der Waals surface area contributed by atoms with Crippen molar-refractivity contribution in [3.05, 3.63) is 88.8 Å². The van der Waals surface area contributed by atoms with Crippen LogP contribution in [0.4, 0.5) is 0 Å². The van der Waals surface area contributed by atoms with Crippen molar-refractivity contribution in [2.75, 3.05) is 0 Å². The van der Waals surface area contributed by atoms with Crippen molar-refractivity contribution in [2.45, 2.75) is 31.7 Å². The Kier molecular flexibility index (Phi) is 5.24. The molecule has 2 atom stereocenters. The third-order valence-corrected chi connectivity index (χ3v) is 6.58. The van der Waals surface area contributed by atoms with E-state index in [1.165, 1.54) is 5.56 Å². The lowest BCUT2D eigenvalue weighted by Crippen LogP contribution is -2.34. The van der Waals surface area contributed by atoms with Gasteiger partial charge in [-0.05, 0) is 17.7 Å². The molecule has 0 spiro atoms. The van der Waals surface area contributed by atoms with Gasteiger partial charge in [-0.25, -0.2) is 9.97 Å². The summed E-state index contributed by atoms with van der Waals surface area (Å²) in [5.41, 5.74) is 3.67. The SMILES string of the molecule is C[C@@H](c1nc(-c2ccc(C#N)cc2)cs1)[C@](C)(Cn1cncn1)c1ccccc1. The van der Waals surface area contributed by atoms with Crippen molar-refractivity contribution < 1.29 is 0 Å². The van der Waals surface area contributed by atoms with Crippen LogP contribution in [-0.2, 0) is 12.0 Å². The first kappa shape index (κ1) is 19.0. The van der Waals surface area contributed by atoms with E-state index in [1.807, 2.05) is 35.0 Å². The fraction of sp³-hybridized carbons (Fsp3) is 0.217. The van der Waals surface area contributed by atoms with E-state index >= 15 is 0 Å². The second-order valence-electron chi connectivity index (χ2n) is 7.36. The van der Waals surface area contributed by atoms with Gasteiger partial charge in [-0.1, -0.05) is 56.3 Å². The molecule has 0 radical (unpaired) electrons. The van der Waals surface area contributed by atoms with Crippen molar-refractivity contribution in [1.29, 1.82) is 5.26 Å². The van der Waals surface area contributed by atoms with Gasteiger partial charge in [0.25, 0.3) is 0 Å². The Balaban J connectivity index is 1.68. The molecule has 0 amide bonds. The van der Waals surface area contributed by atoms with Crippen LogP contribution >= 0.6 is 11.3 Å². The van der Waals surface area contributed by atoms with Gasteiger partial charge in [-0.3, -0.25) is 4.68 Å². The zero-order valence-electron chi connectivity index (χ0n) is 16.4. The number of nitriles is 1. The molecule has 4 rings (SSSR count). The van der Waals surface area contributed by atoms with Crippen molar-refractivity contribution in [1.82, 2.24) is 19.7 Å². The molecule has 0 unspecified atom stereocenters. The molecular weight excluding hydrogens is 378 g/mol. The van der Waals surface area contributed by atoms with E-state index in [0.29, 0.717) is 12.1 Å². The highest BCUT2D eigenvalue weighted by molar-refractivity contribution is 7.10. The molecule has 0 saturated heterocycles. The Hall–Kier alpha value is -3.30. The third kappa shape index (κ3) is 3.82. The fourth-order valence-electron chi connectivity index (χ4n) is 3.56. The molecule has 2 aromatic heterocycles. The maximum atomic E-state index is 9.00. The topological polar surface area (TPSA) is 67.4 Å². The molecule has 5 nitrogen and oxygen atoms in total. The highest BCUT2D eigenvalue weighted by atomic mass is 32.1. The first-order valence-corrected chi connectivity index (χ1v) is 10.3. The minimum Gasteiger partial charge on any atom is -0.252 e. The molecule has 2 heterocycles. The lowest BCUT2D eigenvalue weighted by Gasteiger charge is -2.35. The maximum Gasteiger partial charge on any atom is 0.137 e. The summed E-state index contributed by atoms with van der Waals surface area (Å²) in [7, 11) is 0. The second-order valence-corrected chi connectivity index (χ2v) is 8.25. The van der Waals surface area contributed by atoms with Gasteiger partial charge in [-0.15, -0.1) is 11.3 Å². The predicted molar refractivity (Wildman–Crippen MR) is 114 cm³/mol. The van der Waals surface area contributed by atoms with Gasteiger partial charge in [0.05, 0.1) is 28.9 Å². The van der Waals surface area contributed by atoms with Crippen LogP contribution in [0.5, 0.6) is 0 Å². The van der Waals surface area contributed by atoms with E-state index < -0.39 is 0 Å². The normalized spacial score (nSPS) is 14.1. The van der Waals surface area contributed by atoms with Gasteiger partial charge in [0.1, 0.15) is 12.7 Å². The number of hydrogen-bond acceptors (Lipinski definition) is 5. The molecule has 0 aliphatic heterocycles. The van der Waals surface area contributed by atoms with Crippen molar-refractivity contribution >= 4 is 11.3 Å². The summed E-state index contributed by atoms with van der Waals surface area (Å²) in [6, 6.07) is 20.2. The highest BCUT2D eigenvalue weighted by Crippen LogP contribution is 2.42. The summed E-state index contributed by atoms with van der Waals surface area (Å²) >= 11 is 1.68. The van der Waals surface area contributed by atoms with Crippen LogP contribution in [-0.4, -0.2) is 19.7 Å². The van der Waals surface area contributed by atoms with Crippen LogP contribution < -0.4 is 0 Å². The van der Waals surface area contributed by atoms with E-state index in [1.54, 1.807) is 24.0 Å². The molecule has 0 fully saturated rings. The van der Waals surface area contributed by atoms with Crippen molar-refractivity contribution in [3.8, 4) is 17.3 Å². The molecule has 4 aromatic rings. The minimum absolute atomic E-state index is 0.172. The summed E-state index contributed by atoms with van der Waals surface area (Å²) in [5.74, 6) is 0.172. The summed E-state index contributed by atoms with van der Waals surface area (Å²) in [5, 5.41) is 16.5. The number of benzene rings is 2. The van der Waals surface area contributed by atoms with Crippen LogP contribution in [0.15, 0.2) is 72.6 Å². The van der Waals surface area contributed by atoms with Crippen LogP contribution in [0.2, 0.25) is 0 Å². The molecule has 0 aliphatic carbocycles. The molecule has 144 valence electrons. The van der Waals surface area contributed by atoms with Gasteiger partial charge >= 0.3 is 0 Å². The largest absolute Gasteiger partial charge is 0.252 e. The van der Waals surface area contributed by atoms with Crippen LogP contribution in [0.3, 0.4) is 0 Å². The number of rotatable bonds is 6. The molecule has 0 bridgehead atoms. The second kappa shape index (κ2) is 7.98. The predicted octanol–water partition coefficient (Wildman–Crippen LogP) is 5.03. The standard InChI is InChI=1S/C23H21N5S/c1-17(22-27-21(13-29-22)19-10-8-18(12-24)9-11-19)23(2,14-28-16-25-15-26-28)20-6-4-3-5-7-20/h3-11,13,15-17H,14H2,1-2H3/t17-,23-/m0/s1. The fourth-order valence-corrected chi connectivity index (χ4v) is 4.59. The maximum absolute atomic E-state index is 9.00. The number of thiazole rings is 1. The molecule has 2 aromatic carbocycles. The quantitative estimate of drug-likeness (QED) is 0.456. The Morgan fingerprint density at radius 3 is 2.55 bits per heavy atom. The van der Waals surface area contributed by atoms with E-state index in [-0.39, 0.29) is 11.3 Å². The van der Waals surface area contributed by atoms with Gasteiger partial charge in [0, 0.05) is 22.3 Å². The smallest absolute Gasteiger partial charge is 0.137 e. The zero-order chi connectivity index (χ0) is 20.3. The first-order valence-electron chi connectivity index (χ1n) is 9.44. The number of aromatic nitrogens is 4. The van der Waals surface area contributed by atoms with Crippen LogP contribution in [0.25, 0.3) is 11.3 Å². The Morgan fingerprint density at radius 1 is 1.14 bits per heavy atom. The summed E-state index contributed by atoms with van der Waals surface area (Å²) < 4.78 is 1.89. The van der Waals surface area contributed by atoms with Crippen LogP contribution in [0.1, 0.15) is 35.9 Å². The highest BCUT2D eigenvalue weighted by Gasteiger charge is 2.36. The van der Waals surface area contributed by atoms with Gasteiger partial charge in [0.2, 0.25) is 0 Å². The lowest BCUT2D eigenvalue weighted by molar-refractivity contribution is 0.321. The first-order chi connectivity index (χ1) is 14.1. The van der Waals surface area contributed by atoms with E-state index in [4.69, 9.17) is 10.2 Å². The van der Waals surface area contributed by atoms with Crippen molar-refractivity contribution in [2.24, 2.45) is 0 Å². The van der Waals surface area contributed by atoms with Crippen molar-refractivity contribution in [3.63, 3.8) is 0 Å². The number of hydrogen-bond donors (Lipinski definition) is 0. The average Bonchev–Trinajstić information content (AvgIpc) is 3.46. The Labute approximate surface area is 174 Å². The minimum atomic E-state index is -0.200. The third-order valence-electron chi connectivity index (χ3n) is 5.55. The summed E-state index contributed by atoms with van der Waals surface area (Å²) in [6.45, 7) is 5.20. The number of nitrogens with zero attached hydrogens (tertiary/aromatic N) is 5. The molecule has 29 heavy (non-hydrogen) atoms. The van der Waals surface area contributed by atoms with E-state index in [0.717, 1.165) is 16.3 Å². The van der Waals surface area contributed by atoms with E-state index in [2.05, 4.69) is 59.6 Å². The Bertz CT molecular complexity index is 1110. The Morgan fingerprint density at radius 2 is 1.90 bits per heavy atom. The zero-order valence-corrected chi connectivity index (χ0v) is 17.2. The van der Waals surface area contributed by atoms with Crippen LogP contribution in [0, 0.1) is 11.3 Å². The van der Waals surface area contributed by atoms with Gasteiger partial charge < -0.3 is 0 Å². The molecule has 0 saturated carbocycles. The van der Waals surface area contributed by atoms with Gasteiger partial charge in [-0.2, -0.15) is 10.4 Å². The molecule has 0 N–H and O–H groups in total. The molecule has 6 heteroatoms. The molecule has 0 aliphatic rings. The average molecular weight is 400 g/mol. The van der Waals surface area contributed by atoms with Gasteiger partial charge in [0.15, 0.2) is 0 Å².